The summed E-state index contributed by atoms with van der Waals surface area (Å²) in [7, 11) is 0. The number of alkyl halides is 1. The van der Waals surface area contributed by atoms with Crippen LogP contribution in [0.25, 0.3) is 0 Å². The van der Waals surface area contributed by atoms with Gasteiger partial charge in [-0.2, -0.15) is 0 Å². The molecular formula is C11H13ClN4. The fourth-order valence-electron chi connectivity index (χ4n) is 1.48. The molecule has 0 fully saturated rings. The predicted octanol–water partition coefficient (Wildman–Crippen LogP) is 2.33. The maximum Gasteiger partial charge on any atom is 0.169 e. The zero-order valence-electron chi connectivity index (χ0n) is 9.26. The van der Waals surface area contributed by atoms with Crippen molar-refractivity contribution in [1.29, 1.82) is 0 Å². The molecule has 0 radical (unpaired) electrons. The highest BCUT2D eigenvalue weighted by atomic mass is 35.5. The monoisotopic (exact) mass is 236 g/mol. The van der Waals surface area contributed by atoms with E-state index in [1.807, 2.05) is 6.92 Å². The van der Waals surface area contributed by atoms with Crippen LogP contribution in [0.2, 0.25) is 0 Å². The number of benzene rings is 1. The number of tetrazole rings is 1. The van der Waals surface area contributed by atoms with Crippen molar-refractivity contribution in [2.45, 2.75) is 25.8 Å². The highest BCUT2D eigenvalue weighted by Gasteiger charge is 2.11. The SMILES string of the molecule is Cc1ccc(Cn2nnnc2C(C)Cl)cc1. The number of aromatic nitrogens is 4. The maximum atomic E-state index is 5.98. The molecule has 0 bridgehead atoms. The minimum atomic E-state index is -0.180. The molecule has 4 nitrogen and oxygen atoms in total. The maximum absolute atomic E-state index is 5.98. The third-order valence-corrected chi connectivity index (χ3v) is 2.56. The molecule has 1 heterocycles. The summed E-state index contributed by atoms with van der Waals surface area (Å²) in [5, 5.41) is 11.3. The molecule has 0 aliphatic rings. The van der Waals surface area contributed by atoms with Crippen molar-refractivity contribution < 1.29 is 0 Å². The van der Waals surface area contributed by atoms with E-state index in [9.17, 15) is 0 Å². The second-order valence-corrected chi connectivity index (χ2v) is 4.45. The Balaban J connectivity index is 2.20. The molecule has 0 saturated carbocycles. The first-order chi connectivity index (χ1) is 7.66. The van der Waals surface area contributed by atoms with Gasteiger partial charge >= 0.3 is 0 Å². The smallest absolute Gasteiger partial charge is 0.169 e. The summed E-state index contributed by atoms with van der Waals surface area (Å²) in [6, 6.07) is 8.28. The molecule has 0 saturated heterocycles. The Morgan fingerprint density at radius 3 is 2.62 bits per heavy atom. The van der Waals surface area contributed by atoms with Crippen LogP contribution in [0.5, 0.6) is 0 Å². The molecule has 1 aromatic carbocycles. The molecule has 0 aliphatic carbocycles. The third kappa shape index (κ3) is 2.39. The van der Waals surface area contributed by atoms with Crippen LogP contribution >= 0.6 is 11.6 Å². The van der Waals surface area contributed by atoms with Gasteiger partial charge in [0.15, 0.2) is 5.82 Å². The van der Waals surface area contributed by atoms with Gasteiger partial charge in [0.1, 0.15) is 0 Å². The van der Waals surface area contributed by atoms with Gasteiger partial charge in [0.05, 0.1) is 11.9 Å². The largest absolute Gasteiger partial charge is 0.224 e. The van der Waals surface area contributed by atoms with Gasteiger partial charge < -0.3 is 0 Å². The normalized spacial score (nSPS) is 12.7. The topological polar surface area (TPSA) is 43.6 Å². The lowest BCUT2D eigenvalue weighted by Crippen LogP contribution is -2.07. The zero-order chi connectivity index (χ0) is 11.5. The summed E-state index contributed by atoms with van der Waals surface area (Å²) in [4.78, 5) is 0. The molecular weight excluding hydrogens is 224 g/mol. The number of aryl methyl sites for hydroxylation is 1. The molecule has 1 unspecified atom stereocenters. The van der Waals surface area contributed by atoms with Crippen molar-refractivity contribution in [2.75, 3.05) is 0 Å². The van der Waals surface area contributed by atoms with Crippen molar-refractivity contribution in [3.8, 4) is 0 Å². The van der Waals surface area contributed by atoms with E-state index in [0.717, 1.165) is 5.56 Å². The lowest BCUT2D eigenvalue weighted by Gasteiger charge is -2.06. The molecule has 2 rings (SSSR count). The number of nitrogens with zero attached hydrogens (tertiary/aromatic N) is 4. The van der Waals surface area contributed by atoms with E-state index >= 15 is 0 Å². The predicted molar refractivity (Wildman–Crippen MR) is 62.4 cm³/mol. The van der Waals surface area contributed by atoms with Crippen molar-refractivity contribution in [3.63, 3.8) is 0 Å². The molecule has 0 spiro atoms. The minimum absolute atomic E-state index is 0.180. The van der Waals surface area contributed by atoms with E-state index in [0.29, 0.717) is 12.4 Å². The average Bonchev–Trinajstić information content (AvgIpc) is 2.69. The van der Waals surface area contributed by atoms with Gasteiger partial charge in [-0.1, -0.05) is 29.8 Å². The van der Waals surface area contributed by atoms with Gasteiger partial charge in [-0.05, 0) is 29.8 Å². The van der Waals surface area contributed by atoms with Gasteiger partial charge in [0.2, 0.25) is 0 Å². The van der Waals surface area contributed by atoms with Crippen LogP contribution in [0.4, 0.5) is 0 Å². The molecule has 0 amide bonds. The Morgan fingerprint density at radius 1 is 1.31 bits per heavy atom. The van der Waals surface area contributed by atoms with Gasteiger partial charge in [-0.3, -0.25) is 0 Å². The summed E-state index contributed by atoms with van der Waals surface area (Å²) in [6.07, 6.45) is 0. The van der Waals surface area contributed by atoms with E-state index in [1.165, 1.54) is 5.56 Å². The second-order valence-electron chi connectivity index (χ2n) is 3.80. The van der Waals surface area contributed by atoms with Crippen LogP contribution in [-0.4, -0.2) is 20.2 Å². The van der Waals surface area contributed by atoms with Crippen molar-refractivity contribution in [2.24, 2.45) is 0 Å². The molecule has 5 heteroatoms. The van der Waals surface area contributed by atoms with E-state index in [-0.39, 0.29) is 5.38 Å². The standard InChI is InChI=1S/C11H13ClN4/c1-8-3-5-10(6-4-8)7-16-11(9(2)12)13-14-15-16/h3-6,9H,7H2,1-2H3. The van der Waals surface area contributed by atoms with E-state index in [2.05, 4.69) is 46.7 Å². The van der Waals surface area contributed by atoms with Crippen molar-refractivity contribution in [3.05, 3.63) is 41.2 Å². The lowest BCUT2D eigenvalue weighted by atomic mass is 10.1. The highest BCUT2D eigenvalue weighted by Crippen LogP contribution is 2.16. The van der Waals surface area contributed by atoms with E-state index in [1.54, 1.807) is 4.68 Å². The van der Waals surface area contributed by atoms with Crippen LogP contribution < -0.4 is 0 Å². The van der Waals surface area contributed by atoms with Crippen LogP contribution in [0.3, 0.4) is 0 Å². The lowest BCUT2D eigenvalue weighted by molar-refractivity contribution is 0.618. The Kier molecular flexibility index (Phi) is 3.19. The fourth-order valence-corrected chi connectivity index (χ4v) is 1.63. The third-order valence-electron chi connectivity index (χ3n) is 2.37. The summed E-state index contributed by atoms with van der Waals surface area (Å²) in [5.41, 5.74) is 2.41. The number of hydrogen-bond acceptors (Lipinski definition) is 3. The quantitative estimate of drug-likeness (QED) is 0.769. The Bertz CT molecular complexity index is 461. The zero-order valence-corrected chi connectivity index (χ0v) is 10.0. The van der Waals surface area contributed by atoms with Gasteiger partial charge in [-0.15, -0.1) is 16.7 Å². The first kappa shape index (κ1) is 11.1. The van der Waals surface area contributed by atoms with Crippen molar-refractivity contribution >= 4 is 11.6 Å². The van der Waals surface area contributed by atoms with Crippen LogP contribution in [0.1, 0.15) is 29.3 Å². The molecule has 0 N–H and O–H groups in total. The summed E-state index contributed by atoms with van der Waals surface area (Å²) < 4.78 is 1.72. The van der Waals surface area contributed by atoms with E-state index < -0.39 is 0 Å². The van der Waals surface area contributed by atoms with E-state index in [4.69, 9.17) is 11.6 Å². The van der Waals surface area contributed by atoms with Crippen LogP contribution in [-0.2, 0) is 6.54 Å². The van der Waals surface area contributed by atoms with Crippen LogP contribution in [0.15, 0.2) is 24.3 Å². The Morgan fingerprint density at radius 2 is 2.00 bits per heavy atom. The number of halogens is 1. The van der Waals surface area contributed by atoms with Gasteiger partial charge in [0.25, 0.3) is 0 Å². The summed E-state index contributed by atoms with van der Waals surface area (Å²) in [5.74, 6) is 0.697. The van der Waals surface area contributed by atoms with Crippen molar-refractivity contribution in [1.82, 2.24) is 20.2 Å². The Hall–Kier alpha value is -1.42. The molecule has 16 heavy (non-hydrogen) atoms. The second kappa shape index (κ2) is 4.61. The summed E-state index contributed by atoms with van der Waals surface area (Å²) >= 11 is 5.98. The average molecular weight is 237 g/mol. The first-order valence-electron chi connectivity index (χ1n) is 5.12. The number of rotatable bonds is 3. The minimum Gasteiger partial charge on any atom is -0.224 e. The highest BCUT2D eigenvalue weighted by molar-refractivity contribution is 6.20. The van der Waals surface area contributed by atoms with Gasteiger partial charge in [-0.25, -0.2) is 4.68 Å². The first-order valence-corrected chi connectivity index (χ1v) is 5.56. The molecule has 1 atom stereocenters. The van der Waals surface area contributed by atoms with Crippen LogP contribution in [0, 0.1) is 6.92 Å². The molecule has 0 aliphatic heterocycles. The Labute approximate surface area is 99.2 Å². The molecule has 84 valence electrons. The molecule has 1 aromatic heterocycles. The number of hydrogen-bond donors (Lipinski definition) is 0. The fraction of sp³-hybridized carbons (Fsp3) is 0.364. The molecule has 2 aromatic rings. The summed E-state index contributed by atoms with van der Waals surface area (Å²) in [6.45, 7) is 4.58. The van der Waals surface area contributed by atoms with Gasteiger partial charge in [0, 0.05) is 0 Å².